The Kier molecular flexibility index (Phi) is 5.03. The van der Waals surface area contributed by atoms with Gasteiger partial charge in [0.1, 0.15) is 5.75 Å². The summed E-state index contributed by atoms with van der Waals surface area (Å²) in [7, 11) is 0. The maximum Gasteiger partial charge on any atom is 0.257 e. The number of para-hydroxylation sites is 1. The van der Waals surface area contributed by atoms with Crippen molar-refractivity contribution in [1.29, 1.82) is 0 Å². The van der Waals surface area contributed by atoms with Crippen molar-refractivity contribution in [2.75, 3.05) is 26.2 Å². The van der Waals surface area contributed by atoms with Gasteiger partial charge in [0.2, 0.25) is 0 Å². The Balaban J connectivity index is 1.66. The van der Waals surface area contributed by atoms with Crippen LogP contribution in [0.5, 0.6) is 5.75 Å². The highest BCUT2D eigenvalue weighted by atomic mass is 127. The predicted octanol–water partition coefficient (Wildman–Crippen LogP) is 2.60. The molecule has 0 aliphatic carbocycles. The summed E-state index contributed by atoms with van der Waals surface area (Å²) in [4.78, 5) is 28.5. The number of carbonyl (C=O) groups excluding carboxylic acids is 2. The summed E-state index contributed by atoms with van der Waals surface area (Å²) < 4.78 is 0.924. The SMILES string of the molecule is O=C(c1ccccc1O)N1CCN(C(=O)c2ccccc2I)CC1. The smallest absolute Gasteiger partial charge is 0.257 e. The standard InChI is InChI=1S/C18H17IN2O3/c19-15-7-3-1-5-13(15)17(23)20-9-11-21(12-10-20)18(24)14-6-2-4-8-16(14)22/h1-8,22H,9-12H2. The molecular formula is C18H17IN2O3. The van der Waals surface area contributed by atoms with E-state index in [0.29, 0.717) is 37.3 Å². The van der Waals surface area contributed by atoms with E-state index in [9.17, 15) is 14.7 Å². The first kappa shape index (κ1) is 16.8. The van der Waals surface area contributed by atoms with Crippen molar-refractivity contribution < 1.29 is 14.7 Å². The number of phenols is 1. The minimum Gasteiger partial charge on any atom is -0.507 e. The molecule has 1 heterocycles. The molecule has 0 spiro atoms. The van der Waals surface area contributed by atoms with Crippen LogP contribution in [0, 0.1) is 3.57 Å². The van der Waals surface area contributed by atoms with Gasteiger partial charge in [0.15, 0.2) is 0 Å². The lowest BCUT2D eigenvalue weighted by atomic mass is 10.1. The number of hydrogen-bond acceptors (Lipinski definition) is 3. The topological polar surface area (TPSA) is 60.9 Å². The number of amides is 2. The van der Waals surface area contributed by atoms with Crippen molar-refractivity contribution in [1.82, 2.24) is 9.80 Å². The minimum absolute atomic E-state index is 0.00495. The van der Waals surface area contributed by atoms with Crippen LogP contribution in [-0.4, -0.2) is 52.9 Å². The number of rotatable bonds is 2. The summed E-state index contributed by atoms with van der Waals surface area (Å²) in [5.41, 5.74) is 0.994. The molecule has 0 bridgehead atoms. The highest BCUT2D eigenvalue weighted by Crippen LogP contribution is 2.20. The largest absolute Gasteiger partial charge is 0.507 e. The van der Waals surface area contributed by atoms with Gasteiger partial charge < -0.3 is 14.9 Å². The Labute approximate surface area is 154 Å². The van der Waals surface area contributed by atoms with E-state index in [1.807, 2.05) is 24.3 Å². The van der Waals surface area contributed by atoms with E-state index in [0.717, 1.165) is 3.57 Å². The number of benzene rings is 2. The summed E-state index contributed by atoms with van der Waals surface area (Å²) in [5, 5.41) is 9.82. The summed E-state index contributed by atoms with van der Waals surface area (Å²) in [6, 6.07) is 14.0. The zero-order valence-corrected chi connectivity index (χ0v) is 15.1. The van der Waals surface area contributed by atoms with Gasteiger partial charge in [-0.1, -0.05) is 24.3 Å². The van der Waals surface area contributed by atoms with E-state index in [1.165, 1.54) is 6.07 Å². The van der Waals surface area contributed by atoms with Gasteiger partial charge in [0.25, 0.3) is 11.8 Å². The number of aromatic hydroxyl groups is 1. The highest BCUT2D eigenvalue weighted by molar-refractivity contribution is 14.1. The van der Waals surface area contributed by atoms with Crippen molar-refractivity contribution in [3.8, 4) is 5.75 Å². The van der Waals surface area contributed by atoms with Crippen LogP contribution < -0.4 is 0 Å². The molecule has 1 N–H and O–H groups in total. The third kappa shape index (κ3) is 3.38. The van der Waals surface area contributed by atoms with Crippen LogP contribution in [0.3, 0.4) is 0 Å². The van der Waals surface area contributed by atoms with Crippen LogP contribution in [0.2, 0.25) is 0 Å². The Morgan fingerprint density at radius 3 is 1.79 bits per heavy atom. The van der Waals surface area contributed by atoms with Gasteiger partial charge in [0.05, 0.1) is 11.1 Å². The first-order chi connectivity index (χ1) is 11.6. The lowest BCUT2D eigenvalue weighted by molar-refractivity contribution is 0.0533. The fourth-order valence-electron chi connectivity index (χ4n) is 2.74. The Morgan fingerprint density at radius 1 is 0.792 bits per heavy atom. The molecule has 1 aliphatic heterocycles. The molecule has 1 aliphatic rings. The zero-order valence-electron chi connectivity index (χ0n) is 13.0. The second-order valence-corrected chi connectivity index (χ2v) is 6.74. The normalized spacial score (nSPS) is 14.5. The summed E-state index contributed by atoms with van der Waals surface area (Å²) in [6.07, 6.45) is 0. The summed E-state index contributed by atoms with van der Waals surface area (Å²) in [5.74, 6) is -0.219. The number of hydrogen-bond donors (Lipinski definition) is 1. The molecule has 0 radical (unpaired) electrons. The Bertz CT molecular complexity index is 705. The second kappa shape index (κ2) is 7.21. The minimum atomic E-state index is -0.200. The van der Waals surface area contributed by atoms with Gasteiger partial charge in [-0.15, -0.1) is 0 Å². The molecule has 3 rings (SSSR count). The van der Waals surface area contributed by atoms with Crippen molar-refractivity contribution in [2.45, 2.75) is 0 Å². The fourth-order valence-corrected chi connectivity index (χ4v) is 3.36. The van der Waals surface area contributed by atoms with E-state index in [-0.39, 0.29) is 17.6 Å². The molecule has 24 heavy (non-hydrogen) atoms. The molecule has 1 fully saturated rings. The molecule has 0 unspecified atom stereocenters. The van der Waals surface area contributed by atoms with Crippen molar-refractivity contribution in [3.05, 3.63) is 63.2 Å². The Hall–Kier alpha value is -2.09. The average molecular weight is 436 g/mol. The molecule has 0 aromatic heterocycles. The first-order valence-corrected chi connectivity index (χ1v) is 8.77. The molecule has 124 valence electrons. The third-order valence-electron chi connectivity index (χ3n) is 4.09. The molecule has 6 heteroatoms. The number of halogens is 1. The van der Waals surface area contributed by atoms with E-state index in [1.54, 1.807) is 28.0 Å². The van der Waals surface area contributed by atoms with Gasteiger partial charge in [-0.2, -0.15) is 0 Å². The van der Waals surface area contributed by atoms with Crippen LogP contribution in [0.25, 0.3) is 0 Å². The fraction of sp³-hybridized carbons (Fsp3) is 0.222. The van der Waals surface area contributed by atoms with Gasteiger partial charge in [-0.05, 0) is 46.9 Å². The quantitative estimate of drug-likeness (QED) is 0.737. The predicted molar refractivity (Wildman–Crippen MR) is 99.1 cm³/mol. The Morgan fingerprint density at radius 2 is 1.25 bits per heavy atom. The lowest BCUT2D eigenvalue weighted by Crippen LogP contribution is -2.50. The highest BCUT2D eigenvalue weighted by Gasteiger charge is 2.27. The van der Waals surface area contributed by atoms with E-state index in [2.05, 4.69) is 22.6 Å². The maximum atomic E-state index is 12.6. The van der Waals surface area contributed by atoms with Gasteiger partial charge >= 0.3 is 0 Å². The first-order valence-electron chi connectivity index (χ1n) is 7.69. The van der Waals surface area contributed by atoms with Crippen LogP contribution in [0.15, 0.2) is 48.5 Å². The van der Waals surface area contributed by atoms with Gasteiger partial charge in [-0.3, -0.25) is 9.59 Å². The van der Waals surface area contributed by atoms with E-state index in [4.69, 9.17) is 0 Å². The van der Waals surface area contributed by atoms with Gasteiger partial charge in [-0.25, -0.2) is 0 Å². The van der Waals surface area contributed by atoms with Crippen LogP contribution in [-0.2, 0) is 0 Å². The monoisotopic (exact) mass is 436 g/mol. The molecule has 2 amide bonds. The van der Waals surface area contributed by atoms with Crippen molar-refractivity contribution in [3.63, 3.8) is 0 Å². The van der Waals surface area contributed by atoms with E-state index < -0.39 is 0 Å². The van der Waals surface area contributed by atoms with Crippen LogP contribution in [0.1, 0.15) is 20.7 Å². The molecule has 0 saturated carbocycles. The van der Waals surface area contributed by atoms with Crippen LogP contribution >= 0.6 is 22.6 Å². The van der Waals surface area contributed by atoms with E-state index >= 15 is 0 Å². The van der Waals surface area contributed by atoms with Crippen molar-refractivity contribution in [2.24, 2.45) is 0 Å². The zero-order chi connectivity index (χ0) is 17.1. The third-order valence-corrected chi connectivity index (χ3v) is 5.03. The number of carbonyl (C=O) groups is 2. The van der Waals surface area contributed by atoms with Crippen LogP contribution in [0.4, 0.5) is 0 Å². The second-order valence-electron chi connectivity index (χ2n) is 5.58. The average Bonchev–Trinajstić information content (AvgIpc) is 2.61. The molecule has 2 aromatic rings. The number of phenolic OH excluding ortho intramolecular Hbond substituents is 1. The molecule has 5 nitrogen and oxygen atoms in total. The number of nitrogens with zero attached hydrogens (tertiary/aromatic N) is 2. The van der Waals surface area contributed by atoms with Gasteiger partial charge in [0, 0.05) is 29.7 Å². The molecule has 2 aromatic carbocycles. The maximum absolute atomic E-state index is 12.6. The lowest BCUT2D eigenvalue weighted by Gasteiger charge is -2.35. The summed E-state index contributed by atoms with van der Waals surface area (Å²) >= 11 is 2.16. The molecule has 0 atom stereocenters. The number of piperazine rings is 1. The van der Waals surface area contributed by atoms with Crippen molar-refractivity contribution >= 4 is 34.4 Å². The molecular weight excluding hydrogens is 419 g/mol. The molecule has 1 saturated heterocycles. The summed E-state index contributed by atoms with van der Waals surface area (Å²) in [6.45, 7) is 1.90.